The van der Waals surface area contributed by atoms with E-state index in [1.165, 1.54) is 0 Å². The van der Waals surface area contributed by atoms with Crippen LogP contribution in [0.15, 0.2) is 18.2 Å². The summed E-state index contributed by atoms with van der Waals surface area (Å²) in [7, 11) is 0. The fourth-order valence-electron chi connectivity index (χ4n) is 2.96. The van der Waals surface area contributed by atoms with Crippen molar-refractivity contribution in [2.45, 2.75) is 45.1 Å². The summed E-state index contributed by atoms with van der Waals surface area (Å²) in [6, 6.07) is 5.28. The summed E-state index contributed by atoms with van der Waals surface area (Å²) in [5.41, 5.74) is 7.33. The van der Waals surface area contributed by atoms with E-state index < -0.39 is 5.60 Å². The molecular weight excluding hydrogens is 296 g/mol. The third-order valence-electron chi connectivity index (χ3n) is 4.07. The van der Waals surface area contributed by atoms with Crippen LogP contribution in [0.25, 0.3) is 0 Å². The molecule has 3 rings (SSSR count). The normalized spacial score (nSPS) is 26.8. The number of nitrogen functional groups attached to an aromatic ring is 1. The maximum atomic E-state index is 12.2. The van der Waals surface area contributed by atoms with Crippen molar-refractivity contribution in [1.29, 1.82) is 0 Å². The predicted octanol–water partition coefficient (Wildman–Crippen LogP) is 2.40. The van der Waals surface area contributed by atoms with Crippen molar-refractivity contribution in [1.82, 2.24) is 0 Å². The lowest BCUT2D eigenvalue weighted by Gasteiger charge is -2.21. The molecule has 3 unspecified atom stereocenters. The van der Waals surface area contributed by atoms with Crippen LogP contribution in [0.2, 0.25) is 0 Å². The Labute approximate surface area is 136 Å². The van der Waals surface area contributed by atoms with Gasteiger partial charge < -0.3 is 25.3 Å². The van der Waals surface area contributed by atoms with E-state index in [2.05, 4.69) is 5.32 Å². The van der Waals surface area contributed by atoms with Gasteiger partial charge in [-0.15, -0.1) is 0 Å². The third kappa shape index (κ3) is 3.59. The summed E-state index contributed by atoms with van der Waals surface area (Å²) in [5.74, 6) is -0.0371. The molecule has 6 nitrogen and oxygen atoms in total. The molecule has 23 heavy (non-hydrogen) atoms. The number of hydrogen-bond donors (Lipinski definition) is 2. The molecular formula is C17H24N2O4. The number of benzene rings is 1. The van der Waals surface area contributed by atoms with Gasteiger partial charge in [-0.05, 0) is 45.4 Å². The van der Waals surface area contributed by atoms with Crippen LogP contribution in [0.1, 0.15) is 37.6 Å². The Morgan fingerprint density at radius 2 is 2.13 bits per heavy atom. The monoisotopic (exact) mass is 320 g/mol. The highest BCUT2D eigenvalue weighted by Crippen LogP contribution is 2.34. The molecule has 3 atom stereocenters. The second kappa shape index (κ2) is 6.02. The summed E-state index contributed by atoms with van der Waals surface area (Å²) in [5, 5.41) is 3.40. The van der Waals surface area contributed by atoms with Crippen LogP contribution in [0, 0.1) is 5.92 Å². The zero-order chi connectivity index (χ0) is 16.6. The number of hydrogen-bond acceptors (Lipinski definition) is 6. The fraction of sp³-hybridized carbons (Fsp3) is 0.588. The molecule has 1 aromatic carbocycles. The van der Waals surface area contributed by atoms with Crippen LogP contribution in [0.5, 0.6) is 0 Å². The van der Waals surface area contributed by atoms with Crippen LogP contribution >= 0.6 is 0 Å². The van der Waals surface area contributed by atoms with Gasteiger partial charge in [-0.25, -0.2) is 4.79 Å². The van der Waals surface area contributed by atoms with E-state index in [0.717, 1.165) is 18.7 Å². The second-order valence-corrected chi connectivity index (χ2v) is 7.08. The maximum absolute atomic E-state index is 12.2. The highest BCUT2D eigenvalue weighted by molar-refractivity contribution is 5.92. The van der Waals surface area contributed by atoms with Crippen LogP contribution in [0.3, 0.4) is 0 Å². The molecule has 0 aliphatic carbocycles. The van der Waals surface area contributed by atoms with Gasteiger partial charge in [-0.3, -0.25) is 0 Å². The average Bonchev–Trinajstić information content (AvgIpc) is 3.04. The van der Waals surface area contributed by atoms with E-state index in [1.807, 2.05) is 20.8 Å². The number of nitrogens with two attached hydrogens (primary N) is 1. The molecule has 0 spiro atoms. The Morgan fingerprint density at radius 3 is 2.87 bits per heavy atom. The molecule has 2 aliphatic heterocycles. The number of fused-ring (bicyclic) bond motifs is 1. The van der Waals surface area contributed by atoms with Gasteiger partial charge in [0.15, 0.2) is 6.29 Å². The van der Waals surface area contributed by atoms with Gasteiger partial charge in [0.1, 0.15) is 5.60 Å². The number of ether oxygens (including phenoxy) is 3. The molecule has 0 radical (unpaired) electrons. The Bertz CT molecular complexity index is 597. The predicted molar refractivity (Wildman–Crippen MR) is 87.2 cm³/mol. The number of anilines is 2. The summed E-state index contributed by atoms with van der Waals surface area (Å²) in [4.78, 5) is 12.2. The minimum atomic E-state index is -0.528. The van der Waals surface area contributed by atoms with Crippen molar-refractivity contribution in [3.8, 4) is 0 Å². The minimum Gasteiger partial charge on any atom is -0.456 e. The van der Waals surface area contributed by atoms with Crippen molar-refractivity contribution >= 4 is 17.3 Å². The molecule has 0 bridgehead atoms. The van der Waals surface area contributed by atoms with E-state index in [0.29, 0.717) is 23.8 Å². The third-order valence-corrected chi connectivity index (χ3v) is 4.07. The van der Waals surface area contributed by atoms with Gasteiger partial charge in [-0.1, -0.05) is 0 Å². The summed E-state index contributed by atoms with van der Waals surface area (Å²) in [6.45, 7) is 6.83. The minimum absolute atomic E-state index is 0.122. The standard InChI is InChI=1S/C17H24N2O4/c1-17(2,3)23-15(20)10-4-5-12(18)13(8-10)19-14-9-22-16-11(14)6-7-21-16/h4-5,8,11,14,16,19H,6-7,9,18H2,1-3H3. The Kier molecular flexibility index (Phi) is 4.21. The number of esters is 1. The fourth-order valence-corrected chi connectivity index (χ4v) is 2.96. The molecule has 126 valence electrons. The largest absolute Gasteiger partial charge is 0.456 e. The van der Waals surface area contributed by atoms with Gasteiger partial charge in [0.25, 0.3) is 0 Å². The molecule has 0 saturated carbocycles. The van der Waals surface area contributed by atoms with Crippen LogP contribution in [-0.2, 0) is 14.2 Å². The Hall–Kier alpha value is -1.79. The van der Waals surface area contributed by atoms with Crippen LogP contribution in [0.4, 0.5) is 11.4 Å². The molecule has 6 heteroatoms. The van der Waals surface area contributed by atoms with Crippen molar-refractivity contribution in [2.24, 2.45) is 5.92 Å². The quantitative estimate of drug-likeness (QED) is 0.657. The first-order chi connectivity index (χ1) is 10.8. The van der Waals surface area contributed by atoms with Crippen molar-refractivity contribution in [2.75, 3.05) is 24.3 Å². The van der Waals surface area contributed by atoms with E-state index >= 15 is 0 Å². The topological polar surface area (TPSA) is 82.8 Å². The molecule has 2 heterocycles. The molecule has 2 aliphatic rings. The lowest BCUT2D eigenvalue weighted by Crippen LogP contribution is -2.29. The van der Waals surface area contributed by atoms with Crippen molar-refractivity contribution < 1.29 is 19.0 Å². The number of nitrogens with one attached hydrogen (secondary N) is 1. The summed E-state index contributed by atoms with van der Waals surface area (Å²) >= 11 is 0. The Morgan fingerprint density at radius 1 is 1.35 bits per heavy atom. The smallest absolute Gasteiger partial charge is 0.338 e. The molecule has 2 fully saturated rings. The zero-order valence-corrected chi connectivity index (χ0v) is 13.8. The SMILES string of the molecule is CC(C)(C)OC(=O)c1ccc(N)c(NC2COC3OCCC23)c1. The van der Waals surface area contributed by atoms with Gasteiger partial charge in [0.2, 0.25) is 0 Å². The Balaban J connectivity index is 1.74. The molecule has 3 N–H and O–H groups in total. The van der Waals surface area contributed by atoms with E-state index in [1.54, 1.807) is 18.2 Å². The lowest BCUT2D eigenvalue weighted by atomic mass is 10.00. The first kappa shape index (κ1) is 16.1. The number of rotatable bonds is 3. The van der Waals surface area contributed by atoms with Gasteiger partial charge in [-0.2, -0.15) is 0 Å². The first-order valence-electron chi connectivity index (χ1n) is 7.96. The molecule has 0 aromatic heterocycles. The zero-order valence-electron chi connectivity index (χ0n) is 13.8. The van der Waals surface area contributed by atoms with Crippen molar-refractivity contribution in [3.63, 3.8) is 0 Å². The van der Waals surface area contributed by atoms with E-state index in [-0.39, 0.29) is 18.3 Å². The van der Waals surface area contributed by atoms with Crippen LogP contribution < -0.4 is 11.1 Å². The molecule has 2 saturated heterocycles. The maximum Gasteiger partial charge on any atom is 0.338 e. The lowest BCUT2D eigenvalue weighted by molar-refractivity contribution is -0.0904. The van der Waals surface area contributed by atoms with E-state index in [4.69, 9.17) is 19.9 Å². The first-order valence-corrected chi connectivity index (χ1v) is 7.96. The molecule has 1 aromatic rings. The van der Waals surface area contributed by atoms with E-state index in [9.17, 15) is 4.79 Å². The van der Waals surface area contributed by atoms with Crippen molar-refractivity contribution in [3.05, 3.63) is 23.8 Å². The van der Waals surface area contributed by atoms with Gasteiger partial charge in [0.05, 0.1) is 36.2 Å². The summed E-state index contributed by atoms with van der Waals surface area (Å²) < 4.78 is 16.6. The number of carbonyl (C=O) groups excluding carboxylic acids is 1. The molecule has 0 amide bonds. The summed E-state index contributed by atoms with van der Waals surface area (Å²) in [6.07, 6.45) is 0.844. The number of carbonyl (C=O) groups is 1. The highest BCUT2D eigenvalue weighted by Gasteiger charge is 2.41. The average molecular weight is 320 g/mol. The van der Waals surface area contributed by atoms with Gasteiger partial charge in [0, 0.05) is 5.92 Å². The van der Waals surface area contributed by atoms with Gasteiger partial charge >= 0.3 is 5.97 Å². The van der Waals surface area contributed by atoms with Crippen LogP contribution in [-0.4, -0.2) is 37.1 Å². The highest BCUT2D eigenvalue weighted by atomic mass is 16.7. The second-order valence-electron chi connectivity index (χ2n) is 7.08.